The van der Waals surface area contributed by atoms with Crippen LogP contribution in [0.25, 0.3) is 0 Å². The molecule has 0 unspecified atom stereocenters. The first kappa shape index (κ1) is 15.0. The van der Waals surface area contributed by atoms with E-state index in [1.165, 1.54) is 16.7 Å². The van der Waals surface area contributed by atoms with Crippen molar-refractivity contribution in [3.8, 4) is 0 Å². The molecule has 0 aromatic carbocycles. The van der Waals surface area contributed by atoms with Crippen molar-refractivity contribution in [3.05, 3.63) is 35.1 Å². The van der Waals surface area contributed by atoms with E-state index < -0.39 is 0 Å². The van der Waals surface area contributed by atoms with Gasteiger partial charge in [-0.1, -0.05) is 6.08 Å². The Morgan fingerprint density at radius 3 is 2.50 bits per heavy atom. The number of fused-ring (bicyclic) bond motifs is 1. The number of rotatable bonds is 0. The molecule has 0 aromatic heterocycles. The van der Waals surface area contributed by atoms with E-state index >= 15 is 0 Å². The standard InChI is InChI=1S/C8H8O.2ClH.Zr/c1-6-2-7-4-9-5-8(7)3-6;;;/h2-4H,5H2,1H3;2*1H;/q;;;+2/p-2. The fraction of sp³-hybridized carbons (Fsp3) is 0.250. The van der Waals surface area contributed by atoms with Gasteiger partial charge in [0.15, 0.2) is 0 Å². The van der Waals surface area contributed by atoms with Crippen LogP contribution in [0.5, 0.6) is 0 Å². The molecular weight excluding hydrogens is 274 g/mol. The van der Waals surface area contributed by atoms with Gasteiger partial charge >= 0.3 is 26.2 Å². The number of hydrogen-bond donors (Lipinski definition) is 0. The Bertz CT molecular complexity index is 243. The summed E-state index contributed by atoms with van der Waals surface area (Å²) in [4.78, 5) is 0. The first-order chi connectivity index (χ1) is 4.36. The molecule has 0 amide bonds. The third-order valence-corrected chi connectivity index (χ3v) is 1.61. The maximum atomic E-state index is 5.08. The van der Waals surface area contributed by atoms with E-state index in [0.29, 0.717) is 0 Å². The Labute approximate surface area is 104 Å². The summed E-state index contributed by atoms with van der Waals surface area (Å²) < 4.78 is 5.08. The summed E-state index contributed by atoms with van der Waals surface area (Å²) in [6, 6.07) is 0. The van der Waals surface area contributed by atoms with Crippen LogP contribution < -0.4 is 24.8 Å². The summed E-state index contributed by atoms with van der Waals surface area (Å²) in [6.07, 6.45) is 6.13. The smallest absolute Gasteiger partial charge is 1.00 e. The fourth-order valence-electron chi connectivity index (χ4n) is 1.19. The number of halogens is 2. The van der Waals surface area contributed by atoms with Crippen molar-refractivity contribution in [2.45, 2.75) is 6.92 Å². The molecule has 0 saturated heterocycles. The number of hydrogen-bond acceptors (Lipinski definition) is 1. The van der Waals surface area contributed by atoms with E-state index in [2.05, 4.69) is 19.1 Å². The van der Waals surface area contributed by atoms with Gasteiger partial charge in [-0.2, -0.15) is 0 Å². The summed E-state index contributed by atoms with van der Waals surface area (Å²) in [5.41, 5.74) is 3.92. The van der Waals surface area contributed by atoms with Crippen molar-refractivity contribution in [2.75, 3.05) is 6.61 Å². The average molecular weight is 282 g/mol. The van der Waals surface area contributed by atoms with Gasteiger partial charge in [0.1, 0.15) is 6.61 Å². The normalized spacial score (nSPS) is 16.6. The Hall–Kier alpha value is 0.483. The van der Waals surface area contributed by atoms with Gasteiger partial charge < -0.3 is 29.6 Å². The van der Waals surface area contributed by atoms with E-state index in [9.17, 15) is 0 Å². The van der Waals surface area contributed by atoms with Crippen LogP contribution in [-0.4, -0.2) is 6.61 Å². The zero-order valence-corrected chi connectivity index (χ0v) is 10.6. The Morgan fingerprint density at radius 2 is 1.92 bits per heavy atom. The molecule has 2 aliphatic rings. The molecule has 0 saturated carbocycles. The maximum absolute atomic E-state index is 5.08. The second kappa shape index (κ2) is 6.02. The molecule has 12 heavy (non-hydrogen) atoms. The third-order valence-electron chi connectivity index (χ3n) is 1.61. The van der Waals surface area contributed by atoms with Crippen molar-refractivity contribution in [1.29, 1.82) is 0 Å². The van der Waals surface area contributed by atoms with Crippen molar-refractivity contribution in [3.63, 3.8) is 0 Å². The number of ether oxygens (including phenoxy) is 1. The van der Waals surface area contributed by atoms with Gasteiger partial charge in [-0.25, -0.2) is 0 Å². The van der Waals surface area contributed by atoms with Crippen molar-refractivity contribution in [2.24, 2.45) is 0 Å². The first-order valence-corrected chi connectivity index (χ1v) is 3.07. The molecule has 0 radical (unpaired) electrons. The quantitative estimate of drug-likeness (QED) is 0.438. The summed E-state index contributed by atoms with van der Waals surface area (Å²) in [5.74, 6) is 0. The summed E-state index contributed by atoms with van der Waals surface area (Å²) >= 11 is 0. The molecule has 1 nitrogen and oxygen atoms in total. The molecular formula is C8H8Cl2OZr. The van der Waals surface area contributed by atoms with Crippen molar-refractivity contribution in [1.82, 2.24) is 0 Å². The van der Waals surface area contributed by atoms with E-state index in [1.54, 1.807) is 0 Å². The van der Waals surface area contributed by atoms with E-state index in [0.717, 1.165) is 6.61 Å². The second-order valence-corrected chi connectivity index (χ2v) is 2.44. The van der Waals surface area contributed by atoms with E-state index in [-0.39, 0.29) is 51.0 Å². The Morgan fingerprint density at radius 1 is 1.25 bits per heavy atom. The van der Waals surface area contributed by atoms with Crippen LogP contribution in [0.2, 0.25) is 0 Å². The minimum atomic E-state index is 0. The molecule has 0 spiro atoms. The van der Waals surface area contributed by atoms with Crippen molar-refractivity contribution >= 4 is 0 Å². The SMILES string of the molecule is CC1=CC2=COCC2=C1.[Cl-].[Cl-].[Zr+2]. The van der Waals surface area contributed by atoms with Gasteiger partial charge in [0, 0.05) is 5.57 Å². The zero-order chi connectivity index (χ0) is 6.27. The second-order valence-electron chi connectivity index (χ2n) is 2.44. The van der Waals surface area contributed by atoms with E-state index in [4.69, 9.17) is 4.74 Å². The molecule has 0 aromatic rings. The van der Waals surface area contributed by atoms with Crippen LogP contribution >= 0.6 is 0 Å². The third kappa shape index (κ3) is 2.76. The van der Waals surface area contributed by atoms with Gasteiger partial charge in [0.25, 0.3) is 0 Å². The summed E-state index contributed by atoms with van der Waals surface area (Å²) in [5, 5.41) is 0. The number of allylic oxidation sites excluding steroid dienone is 3. The van der Waals surface area contributed by atoms with Crippen molar-refractivity contribution < 1.29 is 55.8 Å². The monoisotopic (exact) mass is 280 g/mol. The molecule has 0 bridgehead atoms. The van der Waals surface area contributed by atoms with Gasteiger partial charge in [-0.3, -0.25) is 0 Å². The average Bonchev–Trinajstić information content (AvgIpc) is 2.22. The largest absolute Gasteiger partial charge is 2.00 e. The molecule has 2 rings (SSSR count). The van der Waals surface area contributed by atoms with Gasteiger partial charge in [-0.05, 0) is 24.1 Å². The van der Waals surface area contributed by atoms with Crippen LogP contribution in [0.15, 0.2) is 35.1 Å². The molecule has 4 heteroatoms. The molecule has 1 heterocycles. The summed E-state index contributed by atoms with van der Waals surface area (Å²) in [6.45, 7) is 2.87. The molecule has 1 aliphatic heterocycles. The minimum Gasteiger partial charge on any atom is -1.00 e. The molecule has 0 fully saturated rings. The van der Waals surface area contributed by atoms with E-state index in [1.807, 2.05) is 6.26 Å². The van der Waals surface area contributed by atoms with Crippen LogP contribution in [0.3, 0.4) is 0 Å². The summed E-state index contributed by atoms with van der Waals surface area (Å²) in [7, 11) is 0. The van der Waals surface area contributed by atoms with Crippen LogP contribution in [0, 0.1) is 0 Å². The first-order valence-electron chi connectivity index (χ1n) is 3.07. The minimum absolute atomic E-state index is 0. The van der Waals surface area contributed by atoms with Gasteiger partial charge in [-0.15, -0.1) is 0 Å². The molecule has 0 N–H and O–H groups in total. The van der Waals surface area contributed by atoms with Gasteiger partial charge in [0.2, 0.25) is 0 Å². The predicted octanol–water partition coefficient (Wildman–Crippen LogP) is -4.21. The zero-order valence-electron chi connectivity index (χ0n) is 6.60. The Balaban J connectivity index is 0. The van der Waals surface area contributed by atoms with Crippen LogP contribution in [-0.2, 0) is 30.9 Å². The Kier molecular flexibility index (Phi) is 7.51. The predicted molar refractivity (Wildman–Crippen MR) is 35.9 cm³/mol. The topological polar surface area (TPSA) is 9.23 Å². The maximum Gasteiger partial charge on any atom is 2.00 e. The van der Waals surface area contributed by atoms with Crippen LogP contribution in [0.4, 0.5) is 0 Å². The van der Waals surface area contributed by atoms with Gasteiger partial charge in [0.05, 0.1) is 6.26 Å². The molecule has 1 aliphatic carbocycles. The fourth-order valence-corrected chi connectivity index (χ4v) is 1.19. The molecule has 0 atom stereocenters. The molecule has 64 valence electrons. The van der Waals surface area contributed by atoms with Crippen LogP contribution in [0.1, 0.15) is 6.92 Å².